The van der Waals surface area contributed by atoms with Gasteiger partial charge in [-0.3, -0.25) is 4.79 Å². The molecule has 0 saturated carbocycles. The van der Waals surface area contributed by atoms with Crippen LogP contribution in [0, 0.1) is 0 Å². The van der Waals surface area contributed by atoms with Crippen molar-refractivity contribution in [1.29, 1.82) is 0 Å². The summed E-state index contributed by atoms with van der Waals surface area (Å²) in [6, 6.07) is 3.82. The average Bonchev–Trinajstić information content (AvgIpc) is 2.57. The monoisotopic (exact) mass is 247 g/mol. The minimum atomic E-state index is -0.000278. The Morgan fingerprint density at radius 1 is 1.44 bits per heavy atom. The molecule has 0 unspecified atom stereocenters. The summed E-state index contributed by atoms with van der Waals surface area (Å²) < 4.78 is 0. The maximum atomic E-state index is 11.3. The molecule has 4 nitrogen and oxygen atoms in total. The summed E-state index contributed by atoms with van der Waals surface area (Å²) in [4.78, 5) is 11.3. The number of carbonyl (C=O) groups excluding carboxylic acids is 1. The number of carbonyl (C=O) groups is 1. The smallest absolute Gasteiger partial charge is 0.228 e. The number of fused-ring (bicyclic) bond motifs is 1. The highest BCUT2D eigenvalue weighted by molar-refractivity contribution is 6.00. The molecule has 1 aromatic rings. The van der Waals surface area contributed by atoms with Gasteiger partial charge in [-0.05, 0) is 38.0 Å². The zero-order chi connectivity index (χ0) is 13.3. The third-order valence-electron chi connectivity index (χ3n) is 3.25. The molecule has 0 spiro atoms. The van der Waals surface area contributed by atoms with Gasteiger partial charge in [-0.15, -0.1) is 0 Å². The fourth-order valence-corrected chi connectivity index (χ4v) is 2.45. The van der Waals surface area contributed by atoms with E-state index in [1.54, 1.807) is 0 Å². The zero-order valence-corrected chi connectivity index (χ0v) is 11.3. The first-order valence-electron chi connectivity index (χ1n) is 6.42. The molecule has 1 amide bonds. The Balaban J connectivity index is 2.25. The van der Waals surface area contributed by atoms with Gasteiger partial charge >= 0.3 is 0 Å². The molecule has 0 bridgehead atoms. The largest absolute Gasteiger partial charge is 0.397 e. The minimum absolute atomic E-state index is 0.000278. The Morgan fingerprint density at radius 3 is 2.83 bits per heavy atom. The molecule has 0 fully saturated rings. The van der Waals surface area contributed by atoms with Crippen LogP contribution in [0.15, 0.2) is 12.1 Å². The summed E-state index contributed by atoms with van der Waals surface area (Å²) in [5.74, 6) is 0.0365. The zero-order valence-electron chi connectivity index (χ0n) is 11.3. The van der Waals surface area contributed by atoms with Gasteiger partial charge in [0.25, 0.3) is 0 Å². The Labute approximate surface area is 108 Å². The Hall–Kier alpha value is -1.71. The van der Waals surface area contributed by atoms with Crippen LogP contribution in [0.25, 0.3) is 0 Å². The van der Waals surface area contributed by atoms with Gasteiger partial charge in [-0.2, -0.15) is 0 Å². The van der Waals surface area contributed by atoms with E-state index in [1.165, 1.54) is 0 Å². The maximum absolute atomic E-state index is 11.3. The molecule has 0 aromatic heterocycles. The van der Waals surface area contributed by atoms with Crippen LogP contribution in [0.1, 0.15) is 39.2 Å². The van der Waals surface area contributed by atoms with E-state index in [9.17, 15) is 4.79 Å². The molecule has 4 N–H and O–H groups in total. The van der Waals surface area contributed by atoms with E-state index in [2.05, 4.69) is 31.4 Å². The number of amides is 1. The van der Waals surface area contributed by atoms with Crippen molar-refractivity contribution in [2.24, 2.45) is 0 Å². The van der Waals surface area contributed by atoms with Gasteiger partial charge in [0, 0.05) is 11.2 Å². The van der Waals surface area contributed by atoms with E-state index < -0.39 is 0 Å². The number of benzene rings is 1. The molecule has 0 radical (unpaired) electrons. The van der Waals surface area contributed by atoms with E-state index in [4.69, 9.17) is 5.73 Å². The first-order valence-corrected chi connectivity index (χ1v) is 6.42. The van der Waals surface area contributed by atoms with Gasteiger partial charge in [0.2, 0.25) is 5.91 Å². The summed E-state index contributed by atoms with van der Waals surface area (Å²) in [5, 5.41) is 6.30. The lowest BCUT2D eigenvalue weighted by molar-refractivity contribution is -0.115. The van der Waals surface area contributed by atoms with E-state index in [0.29, 0.717) is 12.1 Å². The fraction of sp³-hybridized carbons (Fsp3) is 0.500. The number of rotatable bonds is 4. The Kier molecular flexibility index (Phi) is 3.20. The second-order valence-corrected chi connectivity index (χ2v) is 5.58. The van der Waals surface area contributed by atoms with Gasteiger partial charge in [-0.1, -0.05) is 13.3 Å². The van der Waals surface area contributed by atoms with Crippen molar-refractivity contribution in [3.63, 3.8) is 0 Å². The number of anilines is 3. The van der Waals surface area contributed by atoms with E-state index in [-0.39, 0.29) is 11.4 Å². The topological polar surface area (TPSA) is 67.1 Å². The number of nitrogens with two attached hydrogens (primary N) is 1. The lowest BCUT2D eigenvalue weighted by Gasteiger charge is -2.28. The third kappa shape index (κ3) is 2.58. The average molecular weight is 247 g/mol. The van der Waals surface area contributed by atoms with E-state index in [0.717, 1.165) is 29.8 Å². The van der Waals surface area contributed by atoms with Crippen LogP contribution < -0.4 is 16.4 Å². The van der Waals surface area contributed by atoms with Crippen molar-refractivity contribution < 1.29 is 4.79 Å². The summed E-state index contributed by atoms with van der Waals surface area (Å²) in [6.45, 7) is 6.47. The minimum Gasteiger partial charge on any atom is -0.397 e. The quantitative estimate of drug-likeness (QED) is 0.717. The molecule has 0 atom stereocenters. The summed E-state index contributed by atoms with van der Waals surface area (Å²) in [5.41, 5.74) is 9.50. The lowest BCUT2D eigenvalue weighted by Crippen LogP contribution is -2.30. The van der Waals surface area contributed by atoms with Crippen molar-refractivity contribution in [3.05, 3.63) is 17.7 Å². The molecule has 98 valence electrons. The van der Waals surface area contributed by atoms with Crippen molar-refractivity contribution in [3.8, 4) is 0 Å². The van der Waals surface area contributed by atoms with E-state index >= 15 is 0 Å². The van der Waals surface area contributed by atoms with Gasteiger partial charge < -0.3 is 16.4 Å². The van der Waals surface area contributed by atoms with Gasteiger partial charge in [0.1, 0.15) is 0 Å². The van der Waals surface area contributed by atoms with Gasteiger partial charge in [0.15, 0.2) is 0 Å². The predicted molar refractivity (Wildman–Crippen MR) is 75.8 cm³/mol. The van der Waals surface area contributed by atoms with Crippen LogP contribution >= 0.6 is 0 Å². The number of hydrogen-bond donors (Lipinski definition) is 3. The van der Waals surface area contributed by atoms with E-state index in [1.807, 2.05) is 12.1 Å². The number of hydrogen-bond acceptors (Lipinski definition) is 3. The van der Waals surface area contributed by atoms with Gasteiger partial charge in [0.05, 0.1) is 17.8 Å². The first kappa shape index (κ1) is 12.7. The first-order chi connectivity index (χ1) is 8.41. The highest BCUT2D eigenvalue weighted by Crippen LogP contribution is 2.33. The van der Waals surface area contributed by atoms with Crippen LogP contribution in [-0.4, -0.2) is 11.4 Å². The summed E-state index contributed by atoms with van der Waals surface area (Å²) in [7, 11) is 0. The molecule has 4 heteroatoms. The van der Waals surface area contributed by atoms with Crippen LogP contribution in [-0.2, 0) is 11.2 Å². The standard InChI is InChI=1S/C14H21N3O/c1-4-5-14(2,3)17-12-8-11-9(6-10(12)15)7-13(18)16-11/h6,8,17H,4-5,7,15H2,1-3H3,(H,16,18). The van der Waals surface area contributed by atoms with Crippen molar-refractivity contribution in [1.82, 2.24) is 0 Å². The van der Waals surface area contributed by atoms with Crippen LogP contribution in [0.4, 0.5) is 17.1 Å². The molecule has 0 aliphatic carbocycles. The molecule has 1 aliphatic heterocycles. The number of nitrogens with one attached hydrogen (secondary N) is 2. The predicted octanol–water partition coefficient (Wildman–Crippen LogP) is 2.75. The molecular formula is C14H21N3O. The molecular weight excluding hydrogens is 226 g/mol. The fourth-order valence-electron chi connectivity index (χ4n) is 2.45. The van der Waals surface area contributed by atoms with Crippen LogP contribution in [0.2, 0.25) is 0 Å². The number of nitrogen functional groups attached to an aromatic ring is 1. The SMILES string of the molecule is CCCC(C)(C)Nc1cc2c(cc1N)CC(=O)N2. The molecule has 1 heterocycles. The Morgan fingerprint density at radius 2 is 2.17 bits per heavy atom. The lowest BCUT2D eigenvalue weighted by atomic mass is 9.98. The molecule has 2 rings (SSSR count). The Bertz CT molecular complexity index is 480. The second-order valence-electron chi connectivity index (χ2n) is 5.58. The van der Waals surface area contributed by atoms with Gasteiger partial charge in [-0.25, -0.2) is 0 Å². The molecule has 1 aromatic carbocycles. The molecule has 18 heavy (non-hydrogen) atoms. The van der Waals surface area contributed by atoms with Crippen molar-refractivity contribution in [2.75, 3.05) is 16.4 Å². The maximum Gasteiger partial charge on any atom is 0.228 e. The summed E-state index contributed by atoms with van der Waals surface area (Å²) in [6.07, 6.45) is 2.61. The molecule has 0 saturated heterocycles. The van der Waals surface area contributed by atoms with Crippen LogP contribution in [0.5, 0.6) is 0 Å². The highest BCUT2D eigenvalue weighted by Gasteiger charge is 2.22. The highest BCUT2D eigenvalue weighted by atomic mass is 16.1. The molecule has 1 aliphatic rings. The van der Waals surface area contributed by atoms with Crippen molar-refractivity contribution >= 4 is 23.0 Å². The normalized spacial score (nSPS) is 14.3. The van der Waals surface area contributed by atoms with Crippen molar-refractivity contribution in [2.45, 2.75) is 45.6 Å². The summed E-state index contributed by atoms with van der Waals surface area (Å²) >= 11 is 0. The van der Waals surface area contributed by atoms with Crippen LogP contribution in [0.3, 0.4) is 0 Å². The third-order valence-corrected chi connectivity index (χ3v) is 3.25. The second kappa shape index (κ2) is 4.52.